The highest BCUT2D eigenvalue weighted by atomic mass is 16.2. The third kappa shape index (κ3) is 2.24. The van der Waals surface area contributed by atoms with Crippen LogP contribution in [0.4, 0.5) is 0 Å². The normalized spacial score (nSPS) is 30.9. The molecule has 4 heteroatoms. The van der Waals surface area contributed by atoms with E-state index in [2.05, 4.69) is 12.2 Å². The van der Waals surface area contributed by atoms with Gasteiger partial charge in [-0.3, -0.25) is 14.5 Å². The molecule has 2 aliphatic rings. The number of hydrogen-bond acceptors (Lipinski definition) is 3. The van der Waals surface area contributed by atoms with Crippen molar-refractivity contribution in [2.45, 2.75) is 31.7 Å². The topological polar surface area (TPSA) is 49.4 Å². The quantitative estimate of drug-likeness (QED) is 0.831. The summed E-state index contributed by atoms with van der Waals surface area (Å²) in [6.45, 7) is 3.85. The molecule has 20 heavy (non-hydrogen) atoms. The zero-order valence-electron chi connectivity index (χ0n) is 11.7. The van der Waals surface area contributed by atoms with Crippen molar-refractivity contribution in [3.05, 3.63) is 35.9 Å². The van der Waals surface area contributed by atoms with Gasteiger partial charge in [-0.2, -0.15) is 0 Å². The number of benzene rings is 1. The second kappa shape index (κ2) is 5.37. The van der Waals surface area contributed by atoms with Crippen molar-refractivity contribution < 1.29 is 9.59 Å². The van der Waals surface area contributed by atoms with Gasteiger partial charge in [0.2, 0.25) is 11.8 Å². The van der Waals surface area contributed by atoms with Crippen molar-refractivity contribution >= 4 is 11.8 Å². The molecule has 2 saturated heterocycles. The molecule has 0 saturated carbocycles. The summed E-state index contributed by atoms with van der Waals surface area (Å²) in [5, 5.41) is 3.31. The van der Waals surface area contributed by atoms with Gasteiger partial charge in [0.05, 0.1) is 5.92 Å². The zero-order valence-corrected chi connectivity index (χ0v) is 11.7. The molecule has 1 aromatic rings. The molecule has 0 bridgehead atoms. The van der Waals surface area contributed by atoms with E-state index in [1.54, 1.807) is 4.90 Å². The van der Waals surface area contributed by atoms with Gasteiger partial charge in [-0.05, 0) is 31.0 Å². The van der Waals surface area contributed by atoms with E-state index in [1.165, 1.54) is 0 Å². The van der Waals surface area contributed by atoms with Crippen LogP contribution in [-0.2, 0) is 9.59 Å². The molecule has 2 aliphatic heterocycles. The van der Waals surface area contributed by atoms with Gasteiger partial charge < -0.3 is 5.32 Å². The first-order valence-corrected chi connectivity index (χ1v) is 7.30. The van der Waals surface area contributed by atoms with E-state index in [1.807, 2.05) is 30.3 Å². The monoisotopic (exact) mass is 272 g/mol. The van der Waals surface area contributed by atoms with Crippen LogP contribution in [0, 0.1) is 5.92 Å². The summed E-state index contributed by atoms with van der Waals surface area (Å²) in [4.78, 5) is 26.5. The number of imide groups is 1. The van der Waals surface area contributed by atoms with Gasteiger partial charge in [0.25, 0.3) is 0 Å². The summed E-state index contributed by atoms with van der Waals surface area (Å²) in [6, 6.07) is 9.70. The molecule has 2 fully saturated rings. The number of likely N-dealkylation sites (tertiary alicyclic amines) is 1. The highest BCUT2D eigenvalue weighted by Crippen LogP contribution is 2.33. The predicted octanol–water partition coefficient (Wildman–Crippen LogP) is 1.53. The standard InChI is InChI=1S/C16H20N2O2/c1-11-10-17-8-7-14(11)18-15(19)9-13(16(18)20)12-5-3-2-4-6-12/h2-6,11,13-14,17H,7-10H2,1H3. The van der Waals surface area contributed by atoms with Crippen LogP contribution in [0.3, 0.4) is 0 Å². The molecule has 4 nitrogen and oxygen atoms in total. The molecule has 2 heterocycles. The minimum absolute atomic E-state index is 0.0115. The molecule has 0 spiro atoms. The van der Waals surface area contributed by atoms with E-state index < -0.39 is 0 Å². The maximum absolute atomic E-state index is 12.6. The smallest absolute Gasteiger partial charge is 0.237 e. The average molecular weight is 272 g/mol. The van der Waals surface area contributed by atoms with E-state index in [9.17, 15) is 9.59 Å². The van der Waals surface area contributed by atoms with Gasteiger partial charge >= 0.3 is 0 Å². The number of hydrogen-bond donors (Lipinski definition) is 1. The van der Waals surface area contributed by atoms with Crippen molar-refractivity contribution in [1.82, 2.24) is 10.2 Å². The summed E-state index contributed by atoms with van der Waals surface area (Å²) >= 11 is 0. The minimum Gasteiger partial charge on any atom is -0.316 e. The van der Waals surface area contributed by atoms with E-state index in [4.69, 9.17) is 0 Å². The van der Waals surface area contributed by atoms with Crippen molar-refractivity contribution in [1.29, 1.82) is 0 Å². The summed E-state index contributed by atoms with van der Waals surface area (Å²) in [7, 11) is 0. The van der Waals surface area contributed by atoms with E-state index >= 15 is 0 Å². The SMILES string of the molecule is CC1CNCCC1N1C(=O)CC(c2ccccc2)C1=O. The summed E-state index contributed by atoms with van der Waals surface area (Å²) in [5.74, 6) is 0.0134. The van der Waals surface area contributed by atoms with E-state index in [0.717, 1.165) is 25.1 Å². The Labute approximate surface area is 119 Å². The van der Waals surface area contributed by atoms with Crippen molar-refractivity contribution in [3.8, 4) is 0 Å². The van der Waals surface area contributed by atoms with Crippen molar-refractivity contribution in [3.63, 3.8) is 0 Å². The first kappa shape index (κ1) is 13.3. The Morgan fingerprint density at radius 1 is 1.20 bits per heavy atom. The van der Waals surface area contributed by atoms with Gasteiger partial charge in [-0.25, -0.2) is 0 Å². The number of piperidine rings is 1. The Hall–Kier alpha value is -1.68. The first-order valence-electron chi connectivity index (χ1n) is 7.30. The molecule has 3 atom stereocenters. The van der Waals surface area contributed by atoms with Crippen LogP contribution < -0.4 is 5.32 Å². The predicted molar refractivity (Wildman–Crippen MR) is 76.1 cm³/mol. The number of carbonyl (C=O) groups is 2. The summed E-state index contributed by atoms with van der Waals surface area (Å²) in [6.07, 6.45) is 1.18. The van der Waals surface area contributed by atoms with Crippen LogP contribution in [0.15, 0.2) is 30.3 Å². The molecule has 3 rings (SSSR count). The number of amides is 2. The van der Waals surface area contributed by atoms with Crippen LogP contribution in [0.5, 0.6) is 0 Å². The Morgan fingerprint density at radius 3 is 2.65 bits per heavy atom. The molecule has 1 N–H and O–H groups in total. The Morgan fingerprint density at radius 2 is 1.95 bits per heavy atom. The van der Waals surface area contributed by atoms with Crippen LogP contribution in [0.2, 0.25) is 0 Å². The van der Waals surface area contributed by atoms with Crippen molar-refractivity contribution in [2.75, 3.05) is 13.1 Å². The summed E-state index contributed by atoms with van der Waals surface area (Å²) < 4.78 is 0. The molecule has 0 aromatic heterocycles. The Kier molecular flexibility index (Phi) is 3.57. The van der Waals surface area contributed by atoms with Gasteiger partial charge in [-0.1, -0.05) is 37.3 Å². The fourth-order valence-corrected chi connectivity index (χ4v) is 3.33. The lowest BCUT2D eigenvalue weighted by Crippen LogP contribution is -2.50. The number of nitrogens with one attached hydrogen (secondary N) is 1. The van der Waals surface area contributed by atoms with Crippen LogP contribution in [0.1, 0.15) is 31.2 Å². The van der Waals surface area contributed by atoms with Crippen LogP contribution >= 0.6 is 0 Å². The molecular formula is C16H20N2O2. The van der Waals surface area contributed by atoms with E-state index in [-0.39, 0.29) is 23.8 Å². The molecule has 1 aromatic carbocycles. The fraction of sp³-hybridized carbons (Fsp3) is 0.500. The third-order valence-electron chi connectivity index (χ3n) is 4.46. The first-order chi connectivity index (χ1) is 9.68. The van der Waals surface area contributed by atoms with Gasteiger partial charge in [0.1, 0.15) is 0 Å². The number of nitrogens with zero attached hydrogens (tertiary/aromatic N) is 1. The average Bonchev–Trinajstić information content (AvgIpc) is 2.76. The molecule has 106 valence electrons. The Bertz CT molecular complexity index is 514. The zero-order chi connectivity index (χ0) is 14.1. The number of rotatable bonds is 2. The fourth-order valence-electron chi connectivity index (χ4n) is 3.33. The van der Waals surface area contributed by atoms with Crippen molar-refractivity contribution in [2.24, 2.45) is 5.92 Å². The van der Waals surface area contributed by atoms with Crippen LogP contribution in [-0.4, -0.2) is 35.8 Å². The lowest BCUT2D eigenvalue weighted by molar-refractivity contribution is -0.143. The molecule has 2 amide bonds. The van der Waals surface area contributed by atoms with E-state index in [0.29, 0.717) is 12.3 Å². The number of carbonyl (C=O) groups excluding carboxylic acids is 2. The van der Waals surface area contributed by atoms with Gasteiger partial charge in [0, 0.05) is 12.5 Å². The lowest BCUT2D eigenvalue weighted by Gasteiger charge is -2.35. The molecule has 0 radical (unpaired) electrons. The lowest BCUT2D eigenvalue weighted by atomic mass is 9.93. The molecule has 3 unspecified atom stereocenters. The maximum Gasteiger partial charge on any atom is 0.237 e. The summed E-state index contributed by atoms with van der Waals surface area (Å²) in [5.41, 5.74) is 0.954. The minimum atomic E-state index is -0.286. The van der Waals surface area contributed by atoms with Gasteiger partial charge in [-0.15, -0.1) is 0 Å². The van der Waals surface area contributed by atoms with Crippen LogP contribution in [0.25, 0.3) is 0 Å². The highest BCUT2D eigenvalue weighted by molar-refractivity contribution is 6.06. The second-order valence-electron chi connectivity index (χ2n) is 5.81. The van der Waals surface area contributed by atoms with Gasteiger partial charge in [0.15, 0.2) is 0 Å². The maximum atomic E-state index is 12.6. The molecular weight excluding hydrogens is 252 g/mol. The third-order valence-corrected chi connectivity index (χ3v) is 4.46. The Balaban J connectivity index is 1.83. The second-order valence-corrected chi connectivity index (χ2v) is 5.81. The highest BCUT2D eigenvalue weighted by Gasteiger charge is 2.44. The largest absolute Gasteiger partial charge is 0.316 e. The molecule has 0 aliphatic carbocycles.